The minimum Gasteiger partial charge on any atom is -0.379 e. The zero-order valence-corrected chi connectivity index (χ0v) is 11.3. The molecule has 1 saturated carbocycles. The summed E-state index contributed by atoms with van der Waals surface area (Å²) in [6.07, 6.45) is 3.27. The number of carbonyl (C=O) groups excluding carboxylic acids is 1. The fourth-order valence-corrected chi connectivity index (χ4v) is 2.46. The largest absolute Gasteiger partial charge is 0.379 e. The number of methoxy groups -OCH3 is 1. The first kappa shape index (κ1) is 14.0. The van der Waals surface area contributed by atoms with Crippen LogP contribution in [0, 0.1) is 0 Å². The van der Waals surface area contributed by atoms with E-state index < -0.39 is 0 Å². The van der Waals surface area contributed by atoms with Gasteiger partial charge in [-0.25, -0.2) is 0 Å². The average molecular weight is 263 g/mol. The van der Waals surface area contributed by atoms with Gasteiger partial charge in [0.2, 0.25) is 5.91 Å². The van der Waals surface area contributed by atoms with Gasteiger partial charge in [-0.3, -0.25) is 4.79 Å². The van der Waals surface area contributed by atoms with Crippen LogP contribution in [0.4, 0.5) is 0 Å². The Bertz CT molecular complexity index is 394. The summed E-state index contributed by atoms with van der Waals surface area (Å²) in [5.41, 5.74) is 1.07. The lowest BCUT2D eigenvalue weighted by Gasteiger charge is -2.19. The summed E-state index contributed by atoms with van der Waals surface area (Å²) in [7, 11) is 1.70. The van der Waals surface area contributed by atoms with E-state index in [1.54, 1.807) is 7.11 Å². The van der Waals surface area contributed by atoms with Crippen molar-refractivity contribution in [3.05, 3.63) is 35.9 Å². The van der Waals surface area contributed by atoms with Gasteiger partial charge in [0, 0.05) is 7.11 Å². The van der Waals surface area contributed by atoms with Crippen LogP contribution in [0.5, 0.6) is 0 Å². The number of amides is 1. The van der Waals surface area contributed by atoms with E-state index in [1.807, 2.05) is 30.3 Å². The summed E-state index contributed by atoms with van der Waals surface area (Å²) in [5.74, 6) is -0.0649. The Labute approximate surface area is 114 Å². The van der Waals surface area contributed by atoms with E-state index >= 15 is 0 Å². The monoisotopic (exact) mass is 263 g/mol. The molecule has 0 aromatic heterocycles. The van der Waals surface area contributed by atoms with Gasteiger partial charge in [0.25, 0.3) is 0 Å². The molecule has 2 atom stereocenters. The molecule has 2 unspecified atom stereocenters. The maximum atomic E-state index is 11.8. The number of hydrogen-bond acceptors (Lipinski definition) is 3. The molecule has 0 saturated heterocycles. The normalized spacial score (nSPS) is 22.4. The summed E-state index contributed by atoms with van der Waals surface area (Å²) >= 11 is 0. The standard InChI is InChI=1S/C15H21NO3/c1-18-14-9-5-8-13(14)16-15(17)11-19-10-12-6-3-2-4-7-12/h2-4,6-7,13-14H,5,8-11H2,1H3,(H,16,17). The lowest BCUT2D eigenvalue weighted by Crippen LogP contribution is -2.42. The van der Waals surface area contributed by atoms with Crippen molar-refractivity contribution in [3.63, 3.8) is 0 Å². The van der Waals surface area contributed by atoms with Crippen molar-refractivity contribution < 1.29 is 14.3 Å². The van der Waals surface area contributed by atoms with Gasteiger partial charge in [0.05, 0.1) is 18.8 Å². The molecule has 0 radical (unpaired) electrons. The number of carbonyl (C=O) groups is 1. The Balaban J connectivity index is 1.67. The molecular formula is C15H21NO3. The van der Waals surface area contributed by atoms with Crippen LogP contribution in [0.25, 0.3) is 0 Å². The Hall–Kier alpha value is -1.39. The molecule has 2 rings (SSSR count). The molecule has 1 amide bonds. The first-order valence-corrected chi connectivity index (χ1v) is 6.73. The average Bonchev–Trinajstić information content (AvgIpc) is 2.87. The SMILES string of the molecule is COC1CCCC1NC(=O)COCc1ccccc1. The van der Waals surface area contributed by atoms with Crippen LogP contribution in [0.2, 0.25) is 0 Å². The predicted molar refractivity (Wildman–Crippen MR) is 72.7 cm³/mol. The first-order chi connectivity index (χ1) is 9.29. The van der Waals surface area contributed by atoms with E-state index in [1.165, 1.54) is 0 Å². The zero-order chi connectivity index (χ0) is 13.5. The van der Waals surface area contributed by atoms with E-state index in [0.29, 0.717) is 6.61 Å². The van der Waals surface area contributed by atoms with Gasteiger partial charge in [0.1, 0.15) is 6.61 Å². The van der Waals surface area contributed by atoms with Crippen molar-refractivity contribution >= 4 is 5.91 Å². The summed E-state index contributed by atoms with van der Waals surface area (Å²) in [6.45, 7) is 0.564. The fraction of sp³-hybridized carbons (Fsp3) is 0.533. The highest BCUT2D eigenvalue weighted by Crippen LogP contribution is 2.21. The number of ether oxygens (including phenoxy) is 2. The van der Waals surface area contributed by atoms with Crippen molar-refractivity contribution in [3.8, 4) is 0 Å². The molecule has 19 heavy (non-hydrogen) atoms. The van der Waals surface area contributed by atoms with E-state index in [0.717, 1.165) is 24.8 Å². The minimum atomic E-state index is -0.0649. The Kier molecular flexibility index (Phi) is 5.36. The fourth-order valence-electron chi connectivity index (χ4n) is 2.46. The lowest BCUT2D eigenvalue weighted by atomic mass is 10.2. The molecule has 0 bridgehead atoms. The van der Waals surface area contributed by atoms with Gasteiger partial charge in [0.15, 0.2) is 0 Å². The van der Waals surface area contributed by atoms with Crippen molar-refractivity contribution in [2.24, 2.45) is 0 Å². The number of benzene rings is 1. The topological polar surface area (TPSA) is 47.6 Å². The second-order valence-corrected chi connectivity index (χ2v) is 4.86. The van der Waals surface area contributed by atoms with Gasteiger partial charge >= 0.3 is 0 Å². The molecule has 1 N–H and O–H groups in total. The van der Waals surface area contributed by atoms with Crippen molar-refractivity contribution in [1.29, 1.82) is 0 Å². The van der Waals surface area contributed by atoms with Crippen molar-refractivity contribution in [1.82, 2.24) is 5.32 Å². The highest BCUT2D eigenvalue weighted by molar-refractivity contribution is 5.77. The number of hydrogen-bond donors (Lipinski definition) is 1. The van der Waals surface area contributed by atoms with E-state index in [9.17, 15) is 4.79 Å². The summed E-state index contributed by atoms with van der Waals surface area (Å²) in [5, 5.41) is 2.98. The van der Waals surface area contributed by atoms with Crippen LogP contribution in [-0.4, -0.2) is 31.8 Å². The molecule has 4 heteroatoms. The van der Waals surface area contributed by atoms with E-state index in [4.69, 9.17) is 9.47 Å². The van der Waals surface area contributed by atoms with E-state index in [2.05, 4.69) is 5.32 Å². The van der Waals surface area contributed by atoms with Gasteiger partial charge in [-0.15, -0.1) is 0 Å². The van der Waals surface area contributed by atoms with Crippen LogP contribution in [-0.2, 0) is 20.9 Å². The predicted octanol–water partition coefficient (Wildman–Crippen LogP) is 1.89. The molecule has 1 aromatic rings. The first-order valence-electron chi connectivity index (χ1n) is 6.73. The molecule has 104 valence electrons. The summed E-state index contributed by atoms with van der Waals surface area (Å²) in [6, 6.07) is 9.98. The second kappa shape index (κ2) is 7.26. The molecule has 1 aliphatic carbocycles. The van der Waals surface area contributed by atoms with Crippen LogP contribution in [0.1, 0.15) is 24.8 Å². The Morgan fingerprint density at radius 3 is 2.84 bits per heavy atom. The quantitative estimate of drug-likeness (QED) is 0.852. The number of rotatable bonds is 6. The molecule has 1 fully saturated rings. The third-order valence-corrected chi connectivity index (χ3v) is 3.45. The smallest absolute Gasteiger partial charge is 0.246 e. The summed E-state index contributed by atoms with van der Waals surface area (Å²) in [4.78, 5) is 11.8. The van der Waals surface area contributed by atoms with Crippen molar-refractivity contribution in [2.45, 2.75) is 38.0 Å². The third-order valence-electron chi connectivity index (χ3n) is 3.45. The maximum absolute atomic E-state index is 11.8. The molecule has 4 nitrogen and oxygen atoms in total. The maximum Gasteiger partial charge on any atom is 0.246 e. The van der Waals surface area contributed by atoms with Gasteiger partial charge in [-0.05, 0) is 24.8 Å². The molecule has 0 aliphatic heterocycles. The molecule has 0 spiro atoms. The molecule has 0 heterocycles. The Morgan fingerprint density at radius 2 is 2.11 bits per heavy atom. The Morgan fingerprint density at radius 1 is 1.32 bits per heavy atom. The van der Waals surface area contributed by atoms with Crippen LogP contribution in [0.15, 0.2) is 30.3 Å². The zero-order valence-electron chi connectivity index (χ0n) is 11.3. The van der Waals surface area contributed by atoms with Crippen LogP contribution in [0.3, 0.4) is 0 Å². The highest BCUT2D eigenvalue weighted by atomic mass is 16.5. The lowest BCUT2D eigenvalue weighted by molar-refractivity contribution is -0.127. The molecule has 1 aromatic carbocycles. The minimum absolute atomic E-state index is 0.0649. The molecule has 1 aliphatic rings. The molecular weight excluding hydrogens is 242 g/mol. The second-order valence-electron chi connectivity index (χ2n) is 4.86. The van der Waals surface area contributed by atoms with Crippen LogP contribution < -0.4 is 5.32 Å². The van der Waals surface area contributed by atoms with Crippen molar-refractivity contribution in [2.75, 3.05) is 13.7 Å². The van der Waals surface area contributed by atoms with Gasteiger partial charge < -0.3 is 14.8 Å². The van der Waals surface area contributed by atoms with Gasteiger partial charge in [-0.2, -0.15) is 0 Å². The van der Waals surface area contributed by atoms with Crippen LogP contribution >= 0.6 is 0 Å². The summed E-state index contributed by atoms with van der Waals surface area (Å²) < 4.78 is 10.8. The third kappa shape index (κ3) is 4.33. The van der Waals surface area contributed by atoms with Gasteiger partial charge in [-0.1, -0.05) is 30.3 Å². The number of nitrogens with one attached hydrogen (secondary N) is 1. The highest BCUT2D eigenvalue weighted by Gasteiger charge is 2.28. The van der Waals surface area contributed by atoms with E-state index in [-0.39, 0.29) is 24.7 Å².